The number of carbonyl (C=O) groups is 1. The van der Waals surface area contributed by atoms with Gasteiger partial charge < -0.3 is 15.6 Å². The molecular formula is C13H14F3N3O4. The highest BCUT2D eigenvalue weighted by Gasteiger charge is 2.60. The zero-order valence-electron chi connectivity index (χ0n) is 11.9. The number of aromatic nitrogens is 2. The number of hydrogen-bond acceptors (Lipinski definition) is 6. The smallest absolute Gasteiger partial charge is 0.351 e. The molecule has 1 aromatic heterocycles. The van der Waals surface area contributed by atoms with Crippen LogP contribution >= 0.6 is 0 Å². The van der Waals surface area contributed by atoms with Gasteiger partial charge in [-0.15, -0.1) is 0 Å². The van der Waals surface area contributed by atoms with Crippen molar-refractivity contribution < 1.29 is 27.8 Å². The molecule has 10 heteroatoms. The molecule has 7 nitrogen and oxygen atoms in total. The maximum Gasteiger partial charge on any atom is 0.351 e. The predicted octanol–water partition coefficient (Wildman–Crippen LogP) is 0.291. The molecule has 0 saturated carbocycles. The number of carbonyl (C=O) groups excluding carboxylic acids is 1. The van der Waals surface area contributed by atoms with Crippen LogP contribution in [0.25, 0.3) is 6.08 Å². The van der Waals surface area contributed by atoms with Crippen LogP contribution in [0.15, 0.2) is 17.1 Å². The zero-order valence-corrected chi connectivity index (χ0v) is 11.9. The molecular weight excluding hydrogens is 319 g/mol. The van der Waals surface area contributed by atoms with E-state index < -0.39 is 36.7 Å². The molecule has 1 aromatic rings. The van der Waals surface area contributed by atoms with Gasteiger partial charge in [0.05, 0.1) is 6.61 Å². The second-order valence-corrected chi connectivity index (χ2v) is 4.99. The normalized spacial score (nSPS) is 26.7. The third-order valence-corrected chi connectivity index (χ3v) is 3.30. The minimum Gasteiger partial charge on any atom is -0.393 e. The van der Waals surface area contributed by atoms with Gasteiger partial charge in [-0.05, 0) is 19.1 Å². The van der Waals surface area contributed by atoms with Crippen LogP contribution in [0.1, 0.15) is 18.7 Å². The van der Waals surface area contributed by atoms with Gasteiger partial charge in [-0.1, -0.05) is 0 Å². The summed E-state index contributed by atoms with van der Waals surface area (Å²) < 4.78 is 46.4. The Hall–Kier alpha value is -2.20. The molecule has 0 aliphatic carbocycles. The fourth-order valence-electron chi connectivity index (χ4n) is 2.08. The van der Waals surface area contributed by atoms with E-state index in [4.69, 9.17) is 15.6 Å². The Labute approximate surface area is 128 Å². The summed E-state index contributed by atoms with van der Waals surface area (Å²) in [4.78, 5) is 26.1. The number of anilines is 1. The number of nitrogens with two attached hydrogens (primary N) is 1. The predicted molar refractivity (Wildman–Crippen MR) is 73.5 cm³/mol. The molecule has 1 fully saturated rings. The molecule has 1 aliphatic rings. The molecule has 1 aliphatic heterocycles. The van der Waals surface area contributed by atoms with Gasteiger partial charge in [0, 0.05) is 11.8 Å². The quantitative estimate of drug-likeness (QED) is 0.767. The van der Waals surface area contributed by atoms with Crippen molar-refractivity contribution in [1.82, 2.24) is 9.55 Å². The first-order chi connectivity index (χ1) is 10.7. The number of halogens is 3. The molecule has 3 N–H and O–H groups in total. The van der Waals surface area contributed by atoms with Crippen molar-refractivity contribution in [2.75, 3.05) is 12.3 Å². The van der Waals surface area contributed by atoms with Crippen LogP contribution in [-0.4, -0.2) is 45.2 Å². The first-order valence-electron chi connectivity index (χ1n) is 6.54. The Morgan fingerprint density at radius 1 is 1.61 bits per heavy atom. The lowest BCUT2D eigenvalue weighted by molar-refractivity contribution is -0.112. The van der Waals surface area contributed by atoms with Crippen molar-refractivity contribution in [2.45, 2.75) is 31.3 Å². The van der Waals surface area contributed by atoms with Crippen molar-refractivity contribution in [3.63, 3.8) is 0 Å². The van der Waals surface area contributed by atoms with E-state index in [1.165, 1.54) is 13.0 Å². The molecule has 0 spiro atoms. The minimum atomic E-state index is -3.96. The maximum atomic E-state index is 13.9. The fraction of sp³-hybridized carbons (Fsp3) is 0.462. The second kappa shape index (κ2) is 6.13. The Morgan fingerprint density at radius 2 is 2.26 bits per heavy atom. The largest absolute Gasteiger partial charge is 0.393 e. The van der Waals surface area contributed by atoms with E-state index in [0.717, 1.165) is 12.3 Å². The summed E-state index contributed by atoms with van der Waals surface area (Å²) in [6, 6.07) is 0. The third-order valence-electron chi connectivity index (χ3n) is 3.30. The van der Waals surface area contributed by atoms with E-state index >= 15 is 0 Å². The maximum absolute atomic E-state index is 13.9. The van der Waals surface area contributed by atoms with Crippen molar-refractivity contribution in [2.24, 2.45) is 0 Å². The fourth-order valence-corrected chi connectivity index (χ4v) is 2.08. The van der Waals surface area contributed by atoms with Gasteiger partial charge >= 0.3 is 11.6 Å². The van der Waals surface area contributed by atoms with Gasteiger partial charge in [0.25, 0.3) is 0 Å². The molecule has 0 amide bonds. The average Bonchev–Trinajstić information content (AvgIpc) is 2.69. The van der Waals surface area contributed by atoms with Crippen LogP contribution in [-0.2, 0) is 9.53 Å². The summed E-state index contributed by atoms with van der Waals surface area (Å²) in [5.41, 5.74) is 4.48. The summed E-state index contributed by atoms with van der Waals surface area (Å²) in [6.07, 6.45) is -3.60. The highest BCUT2D eigenvalue weighted by atomic mass is 19.3. The van der Waals surface area contributed by atoms with Gasteiger partial charge in [0.1, 0.15) is 11.9 Å². The topological polar surface area (TPSA) is 107 Å². The van der Waals surface area contributed by atoms with Crippen LogP contribution in [0.4, 0.5) is 19.0 Å². The number of allylic oxidation sites excluding steroid dienone is 1. The van der Waals surface area contributed by atoms with Crippen LogP contribution in [0.3, 0.4) is 0 Å². The van der Waals surface area contributed by atoms with E-state index in [9.17, 15) is 22.8 Å². The minimum absolute atomic E-state index is 0.0614. The summed E-state index contributed by atoms with van der Waals surface area (Å²) in [7, 11) is 0. The highest BCUT2D eigenvalue weighted by molar-refractivity contribution is 5.92. The van der Waals surface area contributed by atoms with Crippen molar-refractivity contribution in [3.8, 4) is 0 Å². The number of ether oxygens (including phenoxy) is 1. The lowest BCUT2D eigenvalue weighted by atomic mass is 10.1. The summed E-state index contributed by atoms with van der Waals surface area (Å²) in [5.74, 6) is -4.53. The molecule has 3 atom stereocenters. The monoisotopic (exact) mass is 333 g/mol. The zero-order chi connectivity index (χ0) is 17.4. The average molecular weight is 333 g/mol. The molecule has 3 unspecified atom stereocenters. The van der Waals surface area contributed by atoms with Gasteiger partial charge in [-0.25, -0.2) is 18.0 Å². The Balaban J connectivity index is 2.46. The van der Waals surface area contributed by atoms with Gasteiger partial charge in [-0.2, -0.15) is 4.98 Å². The Kier molecular flexibility index (Phi) is 4.57. The van der Waals surface area contributed by atoms with Crippen molar-refractivity contribution in [3.05, 3.63) is 28.3 Å². The van der Waals surface area contributed by atoms with E-state index in [1.54, 1.807) is 0 Å². The molecule has 0 radical (unpaired) electrons. The molecule has 2 heterocycles. The molecule has 0 bridgehead atoms. The first-order valence-corrected chi connectivity index (χ1v) is 6.54. The summed E-state index contributed by atoms with van der Waals surface area (Å²) >= 11 is 0. The number of nitrogens with zero attached hydrogens (tertiary/aromatic N) is 2. The van der Waals surface area contributed by atoms with E-state index in [-0.39, 0.29) is 17.2 Å². The van der Waals surface area contributed by atoms with E-state index in [0.29, 0.717) is 4.57 Å². The van der Waals surface area contributed by atoms with Gasteiger partial charge in [-0.3, -0.25) is 9.36 Å². The molecule has 23 heavy (non-hydrogen) atoms. The number of ketones is 1. The number of alkyl halides is 3. The first kappa shape index (κ1) is 17.2. The standard InChI is InChI=1S/C13H14F3N3O4/c1-6(21)2-3-7-4-19(12(22)18-10(7)17)11-9(14)13(15,16)8(5-20)23-11/h2-4,8-9,11,20H,5H2,1H3,(H2,17,18,22). The molecule has 2 rings (SSSR count). The molecule has 126 valence electrons. The third kappa shape index (κ3) is 3.13. The lowest BCUT2D eigenvalue weighted by Crippen LogP contribution is -2.39. The van der Waals surface area contributed by atoms with Crippen molar-refractivity contribution in [1.29, 1.82) is 0 Å². The number of aliphatic hydroxyl groups excluding tert-OH is 1. The SMILES string of the molecule is CC(=O)C=Cc1cn(C2OC(CO)C(F)(F)C2F)c(=O)nc1N. The number of rotatable bonds is 4. The van der Waals surface area contributed by atoms with Gasteiger partial charge in [0.2, 0.25) is 6.17 Å². The van der Waals surface area contributed by atoms with Crippen LogP contribution in [0.5, 0.6) is 0 Å². The summed E-state index contributed by atoms with van der Waals surface area (Å²) in [5, 5.41) is 8.85. The van der Waals surface area contributed by atoms with Crippen LogP contribution in [0, 0.1) is 0 Å². The molecule has 1 saturated heterocycles. The Bertz CT molecular complexity index is 704. The van der Waals surface area contributed by atoms with Gasteiger partial charge in [0.15, 0.2) is 12.0 Å². The lowest BCUT2D eigenvalue weighted by Gasteiger charge is -2.17. The highest BCUT2D eigenvalue weighted by Crippen LogP contribution is 2.42. The number of aliphatic hydroxyl groups is 1. The summed E-state index contributed by atoms with van der Waals surface area (Å²) in [6.45, 7) is 0.151. The van der Waals surface area contributed by atoms with E-state index in [1.807, 2.05) is 0 Å². The number of nitrogen functional groups attached to an aromatic ring is 1. The van der Waals surface area contributed by atoms with Crippen molar-refractivity contribution >= 4 is 17.7 Å². The van der Waals surface area contributed by atoms with Crippen LogP contribution in [0.2, 0.25) is 0 Å². The second-order valence-electron chi connectivity index (χ2n) is 4.99. The Morgan fingerprint density at radius 3 is 2.78 bits per heavy atom. The molecule has 0 aromatic carbocycles. The van der Waals surface area contributed by atoms with Crippen LogP contribution < -0.4 is 11.4 Å². The van der Waals surface area contributed by atoms with E-state index in [2.05, 4.69) is 4.98 Å². The number of hydrogen-bond donors (Lipinski definition) is 2.